The van der Waals surface area contributed by atoms with Crippen LogP contribution in [0.15, 0.2) is 85.6 Å². The average molecular weight is 568 g/mol. The molecular weight excluding hydrogens is 545 g/mol. The van der Waals surface area contributed by atoms with E-state index in [1.54, 1.807) is 53.8 Å². The predicted molar refractivity (Wildman–Crippen MR) is 154 cm³/mol. The minimum Gasteiger partial charge on any atom is -0.424 e. The van der Waals surface area contributed by atoms with E-state index in [1.165, 1.54) is 35.9 Å². The van der Waals surface area contributed by atoms with E-state index in [0.29, 0.717) is 40.8 Å². The summed E-state index contributed by atoms with van der Waals surface area (Å²) in [5.74, 6) is 0.158. The molecule has 0 spiro atoms. The number of hydrogen-bond acceptors (Lipinski definition) is 8. The highest BCUT2D eigenvalue weighted by Crippen LogP contribution is 2.34. The maximum absolute atomic E-state index is 13.9. The second-order valence-electron chi connectivity index (χ2n) is 9.04. The molecule has 41 heavy (non-hydrogen) atoms. The summed E-state index contributed by atoms with van der Waals surface area (Å²) in [6.07, 6.45) is 9.24. The number of amides is 3. The zero-order valence-corrected chi connectivity index (χ0v) is 22.3. The number of benzene rings is 2. The van der Waals surface area contributed by atoms with Crippen LogP contribution in [-0.2, 0) is 4.79 Å². The lowest BCUT2D eigenvalue weighted by molar-refractivity contribution is -0.117. The van der Waals surface area contributed by atoms with Crippen molar-refractivity contribution < 1.29 is 18.7 Å². The van der Waals surface area contributed by atoms with E-state index in [0.717, 1.165) is 22.4 Å². The van der Waals surface area contributed by atoms with E-state index in [9.17, 15) is 14.0 Å². The van der Waals surface area contributed by atoms with Crippen LogP contribution in [0.1, 0.15) is 12.8 Å². The molecule has 12 heteroatoms. The smallest absolute Gasteiger partial charge is 0.323 e. The first kappa shape index (κ1) is 26.0. The van der Waals surface area contributed by atoms with Gasteiger partial charge in [-0.15, -0.1) is 0 Å². The molecule has 1 saturated heterocycles. The summed E-state index contributed by atoms with van der Waals surface area (Å²) in [5.41, 5.74) is 3.00. The van der Waals surface area contributed by atoms with E-state index in [1.807, 2.05) is 12.1 Å². The Kier molecular flexibility index (Phi) is 7.28. The number of halogens is 1. The van der Waals surface area contributed by atoms with E-state index < -0.39 is 11.8 Å². The third-order valence-electron chi connectivity index (χ3n) is 6.25. The van der Waals surface area contributed by atoms with Crippen LogP contribution in [0.2, 0.25) is 0 Å². The van der Waals surface area contributed by atoms with Crippen molar-refractivity contribution in [2.45, 2.75) is 12.8 Å². The Hall–Kier alpha value is -5.23. The van der Waals surface area contributed by atoms with E-state index in [2.05, 4.69) is 30.6 Å². The number of pyridine rings is 1. The van der Waals surface area contributed by atoms with Gasteiger partial charge in [-0.2, -0.15) is 0 Å². The lowest BCUT2D eigenvalue weighted by Crippen LogP contribution is -2.23. The van der Waals surface area contributed by atoms with Crippen molar-refractivity contribution in [2.75, 3.05) is 22.1 Å². The van der Waals surface area contributed by atoms with Crippen LogP contribution in [0.5, 0.6) is 11.8 Å². The third kappa shape index (κ3) is 6.02. The number of nitrogens with zero attached hydrogens (tertiary/aromatic N) is 5. The summed E-state index contributed by atoms with van der Waals surface area (Å²) in [5, 5.41) is 6.02. The number of anilines is 3. The molecule has 0 aliphatic carbocycles. The lowest BCUT2D eigenvalue weighted by atomic mass is 10.0. The standard InChI is InChI=1S/C29H22FN7O3S/c30-20-5-8-23(18-9-11-31-12-10-18)24(14-20)36-27(39)35-21-15-32-28(33-16-21)40-22-6-3-19(4-7-22)25-17-34-29(41-25)37-13-1-2-26(37)38/h3-12,14-17H,1-2,13H2,(H2,35,36,39). The number of carbonyl (C=O) groups is 2. The highest BCUT2D eigenvalue weighted by atomic mass is 32.1. The number of rotatable bonds is 7. The zero-order valence-electron chi connectivity index (χ0n) is 21.5. The molecule has 0 unspecified atom stereocenters. The lowest BCUT2D eigenvalue weighted by Gasteiger charge is -2.12. The molecule has 0 atom stereocenters. The largest absolute Gasteiger partial charge is 0.424 e. The Morgan fingerprint density at radius 1 is 0.927 bits per heavy atom. The molecule has 1 fully saturated rings. The molecule has 3 aromatic heterocycles. The summed E-state index contributed by atoms with van der Waals surface area (Å²) in [6, 6.07) is 14.6. The van der Waals surface area contributed by atoms with Gasteiger partial charge in [-0.25, -0.2) is 24.1 Å². The van der Waals surface area contributed by atoms with Gasteiger partial charge in [-0.05, 0) is 72.1 Å². The summed E-state index contributed by atoms with van der Waals surface area (Å²) < 4.78 is 19.7. The molecule has 6 rings (SSSR count). The number of aromatic nitrogens is 4. The Bertz CT molecular complexity index is 1700. The minimum atomic E-state index is -0.584. The van der Waals surface area contributed by atoms with Crippen molar-refractivity contribution in [1.29, 1.82) is 0 Å². The molecule has 2 aromatic carbocycles. The molecule has 2 N–H and O–H groups in total. The Labute approximate surface area is 237 Å². The van der Waals surface area contributed by atoms with Crippen LogP contribution >= 0.6 is 11.3 Å². The predicted octanol–water partition coefficient (Wildman–Crippen LogP) is 6.36. The topological polar surface area (TPSA) is 122 Å². The summed E-state index contributed by atoms with van der Waals surface area (Å²) in [6.45, 7) is 0.706. The first-order valence-electron chi connectivity index (χ1n) is 12.7. The first-order chi connectivity index (χ1) is 20.0. The van der Waals surface area contributed by atoms with Crippen molar-refractivity contribution >= 4 is 39.8 Å². The molecule has 0 bridgehead atoms. The highest BCUT2D eigenvalue weighted by Gasteiger charge is 2.24. The van der Waals surface area contributed by atoms with Crippen molar-refractivity contribution in [2.24, 2.45) is 0 Å². The second-order valence-corrected chi connectivity index (χ2v) is 10.1. The monoisotopic (exact) mass is 567 g/mol. The van der Waals surface area contributed by atoms with Gasteiger partial charge in [-0.1, -0.05) is 11.3 Å². The number of thiazole rings is 1. The van der Waals surface area contributed by atoms with Gasteiger partial charge in [0.25, 0.3) is 0 Å². The van der Waals surface area contributed by atoms with Crippen molar-refractivity contribution in [3.05, 3.63) is 91.4 Å². The van der Waals surface area contributed by atoms with Crippen LogP contribution in [-0.4, -0.2) is 38.4 Å². The number of urea groups is 1. The number of nitrogens with one attached hydrogen (secondary N) is 2. The minimum absolute atomic E-state index is 0.0986. The fraction of sp³-hybridized carbons (Fsp3) is 0.103. The van der Waals surface area contributed by atoms with Gasteiger partial charge in [-0.3, -0.25) is 14.7 Å². The second kappa shape index (κ2) is 11.5. The van der Waals surface area contributed by atoms with Gasteiger partial charge in [0.05, 0.1) is 28.6 Å². The van der Waals surface area contributed by atoms with Gasteiger partial charge >= 0.3 is 12.0 Å². The van der Waals surface area contributed by atoms with Crippen LogP contribution in [0.4, 0.5) is 25.7 Å². The molecule has 4 heterocycles. The SMILES string of the molecule is O=C(Nc1cnc(Oc2ccc(-c3cnc(N4CCCC4=O)s3)cc2)nc1)Nc1cc(F)ccc1-c1ccncc1. The first-order valence-corrected chi connectivity index (χ1v) is 13.5. The Morgan fingerprint density at radius 3 is 2.44 bits per heavy atom. The van der Waals surface area contributed by atoms with Gasteiger partial charge in [0.2, 0.25) is 5.91 Å². The van der Waals surface area contributed by atoms with Gasteiger partial charge in [0, 0.05) is 37.1 Å². The summed E-state index contributed by atoms with van der Waals surface area (Å²) >= 11 is 1.47. The highest BCUT2D eigenvalue weighted by molar-refractivity contribution is 7.19. The third-order valence-corrected chi connectivity index (χ3v) is 7.32. The number of hydrogen-bond donors (Lipinski definition) is 2. The van der Waals surface area contributed by atoms with Crippen LogP contribution < -0.4 is 20.3 Å². The molecule has 3 amide bonds. The van der Waals surface area contributed by atoms with Crippen LogP contribution in [0, 0.1) is 5.82 Å². The fourth-order valence-electron chi connectivity index (χ4n) is 4.29. The van der Waals surface area contributed by atoms with E-state index in [4.69, 9.17) is 4.74 Å². The molecular formula is C29H22FN7O3S. The van der Waals surface area contributed by atoms with E-state index in [-0.39, 0.29) is 11.9 Å². The molecule has 5 aromatic rings. The van der Waals surface area contributed by atoms with Crippen LogP contribution in [0.3, 0.4) is 0 Å². The Balaban J connectivity index is 1.07. The molecule has 204 valence electrons. The summed E-state index contributed by atoms with van der Waals surface area (Å²) in [4.78, 5) is 44.0. The normalized spacial score (nSPS) is 12.8. The average Bonchev–Trinajstić information content (AvgIpc) is 3.64. The number of carbonyl (C=O) groups excluding carboxylic acids is 2. The fourth-order valence-corrected chi connectivity index (χ4v) is 5.25. The van der Waals surface area contributed by atoms with Gasteiger partial charge < -0.3 is 15.4 Å². The van der Waals surface area contributed by atoms with Gasteiger partial charge in [0.15, 0.2) is 5.13 Å². The van der Waals surface area contributed by atoms with Crippen molar-refractivity contribution in [3.63, 3.8) is 0 Å². The number of ether oxygens (including phenoxy) is 1. The molecule has 0 radical (unpaired) electrons. The molecule has 10 nitrogen and oxygen atoms in total. The van der Waals surface area contributed by atoms with Crippen molar-refractivity contribution in [1.82, 2.24) is 19.9 Å². The maximum atomic E-state index is 13.9. The summed E-state index contributed by atoms with van der Waals surface area (Å²) in [7, 11) is 0. The molecule has 1 aliphatic rings. The molecule has 0 saturated carbocycles. The zero-order chi connectivity index (χ0) is 28.2. The quantitative estimate of drug-likeness (QED) is 0.234. The van der Waals surface area contributed by atoms with E-state index >= 15 is 0 Å². The maximum Gasteiger partial charge on any atom is 0.323 e. The van der Waals surface area contributed by atoms with Gasteiger partial charge in [0.1, 0.15) is 11.6 Å². The molecule has 1 aliphatic heterocycles. The van der Waals surface area contributed by atoms with Crippen molar-refractivity contribution in [3.8, 4) is 33.3 Å². The van der Waals surface area contributed by atoms with Crippen LogP contribution in [0.25, 0.3) is 21.6 Å². The Morgan fingerprint density at radius 2 is 1.71 bits per heavy atom.